The van der Waals surface area contributed by atoms with Crippen molar-refractivity contribution >= 4 is 23.1 Å². The van der Waals surface area contributed by atoms with Crippen molar-refractivity contribution in [1.82, 2.24) is 4.90 Å². The van der Waals surface area contributed by atoms with Crippen molar-refractivity contribution in [3.05, 3.63) is 126 Å². The van der Waals surface area contributed by atoms with Crippen molar-refractivity contribution in [2.24, 2.45) is 0 Å². The predicted molar refractivity (Wildman–Crippen MR) is 145 cm³/mol. The highest BCUT2D eigenvalue weighted by molar-refractivity contribution is 6.09. The molecule has 178 valence electrons. The fraction of sp³-hybridized carbons (Fsp3) is 0.194. The van der Waals surface area contributed by atoms with Gasteiger partial charge in [0.1, 0.15) is 0 Å². The van der Waals surface area contributed by atoms with Crippen LogP contribution in [0.25, 0.3) is 11.6 Å². The number of ketones is 1. The van der Waals surface area contributed by atoms with Crippen LogP contribution in [0.3, 0.4) is 0 Å². The van der Waals surface area contributed by atoms with E-state index < -0.39 is 0 Å². The Morgan fingerprint density at radius 3 is 2.00 bits per heavy atom. The molecule has 1 aliphatic heterocycles. The van der Waals surface area contributed by atoms with Crippen LogP contribution in [0.4, 0.5) is 5.69 Å². The molecular weight excluding hydrogens is 432 g/mol. The third-order valence-corrected chi connectivity index (χ3v) is 5.99. The van der Waals surface area contributed by atoms with Gasteiger partial charge in [-0.3, -0.25) is 4.79 Å². The Morgan fingerprint density at radius 1 is 0.800 bits per heavy atom. The number of carbonyl (C=O) groups is 1. The normalized spacial score (nSPS) is 14.9. The van der Waals surface area contributed by atoms with E-state index in [1.54, 1.807) is 6.08 Å². The average Bonchev–Trinajstić information content (AvgIpc) is 2.92. The molecule has 0 aliphatic carbocycles. The molecule has 0 unspecified atom stereocenters. The van der Waals surface area contributed by atoms with Crippen LogP contribution in [-0.2, 0) is 4.74 Å². The van der Waals surface area contributed by atoms with E-state index in [1.165, 1.54) is 5.69 Å². The molecule has 1 saturated heterocycles. The number of morpholine rings is 1. The molecule has 3 aromatic carbocycles. The number of anilines is 1. The van der Waals surface area contributed by atoms with Gasteiger partial charge in [-0.15, -0.1) is 0 Å². The maximum atomic E-state index is 13.1. The van der Waals surface area contributed by atoms with E-state index >= 15 is 0 Å². The summed E-state index contributed by atoms with van der Waals surface area (Å²) in [6.45, 7) is 3.00. The molecule has 0 saturated carbocycles. The number of ether oxygens (including phenoxy) is 1. The first-order valence-corrected chi connectivity index (χ1v) is 12.0. The van der Waals surface area contributed by atoms with Crippen LogP contribution in [0.5, 0.6) is 0 Å². The first kappa shape index (κ1) is 24.2. The number of nitrogens with zero attached hydrogens (tertiary/aromatic N) is 2. The van der Waals surface area contributed by atoms with E-state index in [1.807, 2.05) is 74.8 Å². The van der Waals surface area contributed by atoms with Crippen LogP contribution in [0.15, 0.2) is 109 Å². The molecule has 35 heavy (non-hydrogen) atoms. The highest BCUT2D eigenvalue weighted by atomic mass is 16.5. The van der Waals surface area contributed by atoms with Crippen LogP contribution in [0.2, 0.25) is 0 Å². The molecule has 1 fully saturated rings. The zero-order valence-electron chi connectivity index (χ0n) is 20.4. The molecule has 4 rings (SSSR count). The SMILES string of the molecule is CN(C)c1ccc(/C=C/C(=C/C(=C/C(=O)c2ccccc2)c2ccccc2)N2CCOCC2)cc1. The summed E-state index contributed by atoms with van der Waals surface area (Å²) in [6, 6.07) is 28.0. The van der Waals surface area contributed by atoms with Gasteiger partial charge in [0.25, 0.3) is 0 Å². The number of hydrogen-bond donors (Lipinski definition) is 0. The number of carbonyl (C=O) groups excluding carboxylic acids is 1. The molecule has 0 spiro atoms. The minimum Gasteiger partial charge on any atom is -0.378 e. The largest absolute Gasteiger partial charge is 0.378 e. The van der Waals surface area contributed by atoms with Gasteiger partial charge in [0.2, 0.25) is 0 Å². The summed E-state index contributed by atoms with van der Waals surface area (Å²) in [6.07, 6.45) is 8.12. The molecule has 4 nitrogen and oxygen atoms in total. The third-order valence-electron chi connectivity index (χ3n) is 5.99. The topological polar surface area (TPSA) is 32.8 Å². The van der Waals surface area contributed by atoms with Crippen molar-refractivity contribution in [2.45, 2.75) is 0 Å². The predicted octanol–water partition coefficient (Wildman–Crippen LogP) is 5.95. The standard InChI is InChI=1S/C31H32N2O2/c1-32(2)29-16-13-25(14-17-29)15-18-30(33-19-21-35-22-20-33)23-28(26-9-5-3-6-10-26)24-31(34)27-11-7-4-8-12-27/h3-18,23-24H,19-22H2,1-2H3/b18-15+,28-24-,30-23-. The van der Waals surface area contributed by atoms with Crippen molar-refractivity contribution in [2.75, 3.05) is 45.3 Å². The molecule has 3 aromatic rings. The van der Waals surface area contributed by atoms with Crippen LogP contribution in [0.1, 0.15) is 21.5 Å². The number of allylic oxidation sites excluding steroid dienone is 4. The first-order valence-electron chi connectivity index (χ1n) is 12.0. The lowest BCUT2D eigenvalue weighted by Gasteiger charge is -2.30. The lowest BCUT2D eigenvalue weighted by molar-refractivity contribution is 0.0555. The zero-order valence-corrected chi connectivity index (χ0v) is 20.4. The minimum atomic E-state index is -0.00900. The second-order valence-corrected chi connectivity index (χ2v) is 8.68. The van der Waals surface area contributed by atoms with Gasteiger partial charge in [-0.2, -0.15) is 0 Å². The Hall–Kier alpha value is -3.89. The van der Waals surface area contributed by atoms with Crippen LogP contribution in [0, 0.1) is 0 Å². The van der Waals surface area contributed by atoms with Crippen molar-refractivity contribution in [3.63, 3.8) is 0 Å². The number of benzene rings is 3. The fourth-order valence-corrected chi connectivity index (χ4v) is 3.96. The van der Waals surface area contributed by atoms with Crippen LogP contribution < -0.4 is 4.90 Å². The van der Waals surface area contributed by atoms with E-state index in [0.717, 1.165) is 35.5 Å². The van der Waals surface area contributed by atoms with Crippen molar-refractivity contribution < 1.29 is 9.53 Å². The Bertz CT molecular complexity index is 1190. The van der Waals surface area contributed by atoms with Crippen molar-refractivity contribution in [1.29, 1.82) is 0 Å². The Balaban J connectivity index is 1.72. The molecule has 1 aliphatic rings. The summed E-state index contributed by atoms with van der Waals surface area (Å²) < 4.78 is 5.59. The minimum absolute atomic E-state index is 0.00900. The average molecular weight is 465 g/mol. The van der Waals surface area contributed by atoms with Crippen LogP contribution >= 0.6 is 0 Å². The van der Waals surface area contributed by atoms with E-state index in [-0.39, 0.29) is 5.78 Å². The maximum Gasteiger partial charge on any atom is 0.186 e. The van der Waals surface area contributed by atoms with Gasteiger partial charge in [-0.1, -0.05) is 78.9 Å². The Kier molecular flexibility index (Phi) is 8.31. The summed E-state index contributed by atoms with van der Waals surface area (Å²) in [4.78, 5) is 17.5. The maximum absolute atomic E-state index is 13.1. The second-order valence-electron chi connectivity index (χ2n) is 8.68. The van der Waals surface area contributed by atoms with E-state index in [9.17, 15) is 4.79 Å². The summed E-state index contributed by atoms with van der Waals surface area (Å²) in [5.74, 6) is -0.00900. The summed E-state index contributed by atoms with van der Waals surface area (Å²) >= 11 is 0. The quantitative estimate of drug-likeness (QED) is 0.234. The number of rotatable bonds is 8. The Morgan fingerprint density at radius 2 is 1.40 bits per heavy atom. The molecule has 0 bridgehead atoms. The molecule has 0 atom stereocenters. The van der Waals surface area contributed by atoms with Gasteiger partial charge < -0.3 is 14.5 Å². The molecule has 0 amide bonds. The van der Waals surface area contributed by atoms with Crippen LogP contribution in [-0.4, -0.2) is 51.1 Å². The molecule has 1 heterocycles. The van der Waals surface area contributed by atoms with Crippen molar-refractivity contribution in [3.8, 4) is 0 Å². The highest BCUT2D eigenvalue weighted by Crippen LogP contribution is 2.23. The Labute approximate surface area is 208 Å². The first-order chi connectivity index (χ1) is 17.1. The van der Waals surface area contributed by atoms with E-state index in [4.69, 9.17) is 4.74 Å². The summed E-state index contributed by atoms with van der Waals surface area (Å²) in [7, 11) is 4.08. The van der Waals surface area contributed by atoms with Gasteiger partial charge in [0.05, 0.1) is 13.2 Å². The van der Waals surface area contributed by atoms with E-state index in [2.05, 4.69) is 52.3 Å². The molecule has 0 N–H and O–H groups in total. The monoisotopic (exact) mass is 464 g/mol. The molecular formula is C31H32N2O2. The number of hydrogen-bond acceptors (Lipinski definition) is 4. The summed E-state index contributed by atoms with van der Waals surface area (Å²) in [5.41, 5.74) is 5.92. The second kappa shape index (κ2) is 12.0. The molecule has 0 aromatic heterocycles. The smallest absolute Gasteiger partial charge is 0.186 e. The van der Waals surface area contributed by atoms with Gasteiger partial charge in [0, 0.05) is 44.1 Å². The summed E-state index contributed by atoms with van der Waals surface area (Å²) in [5, 5.41) is 0. The van der Waals surface area contributed by atoms with Gasteiger partial charge in [-0.25, -0.2) is 0 Å². The molecule has 0 radical (unpaired) electrons. The third kappa shape index (κ3) is 6.81. The van der Waals surface area contributed by atoms with Gasteiger partial charge >= 0.3 is 0 Å². The fourth-order valence-electron chi connectivity index (χ4n) is 3.96. The van der Waals surface area contributed by atoms with E-state index in [0.29, 0.717) is 18.8 Å². The van der Waals surface area contributed by atoms with Gasteiger partial charge in [-0.05, 0) is 47.1 Å². The zero-order chi connectivity index (χ0) is 24.5. The van der Waals surface area contributed by atoms with Gasteiger partial charge in [0.15, 0.2) is 5.78 Å². The lowest BCUT2D eigenvalue weighted by Crippen LogP contribution is -2.35. The molecule has 4 heteroatoms. The lowest BCUT2D eigenvalue weighted by atomic mass is 10.00. The highest BCUT2D eigenvalue weighted by Gasteiger charge is 2.14.